The monoisotopic (exact) mass is 223 g/mol. The second-order valence-electron chi connectivity index (χ2n) is 3.19. The van der Waals surface area contributed by atoms with E-state index in [1.54, 1.807) is 17.6 Å². The summed E-state index contributed by atoms with van der Waals surface area (Å²) in [6, 6.07) is 3.37. The number of rotatable bonds is 3. The van der Waals surface area contributed by atoms with Crippen LogP contribution in [0.25, 0.3) is 10.2 Å². The van der Waals surface area contributed by atoms with E-state index in [4.69, 9.17) is 5.11 Å². The van der Waals surface area contributed by atoms with Crippen molar-refractivity contribution in [1.29, 1.82) is 0 Å². The van der Waals surface area contributed by atoms with Gasteiger partial charge in [-0.05, 0) is 24.1 Å². The largest absolute Gasteiger partial charge is 0.508 e. The number of aliphatic carboxylic acids is 1. The third-order valence-electron chi connectivity index (χ3n) is 2.14. The molecule has 2 aromatic rings. The molecular weight excluding hydrogens is 214 g/mol. The molecule has 1 aromatic carbocycles. The van der Waals surface area contributed by atoms with Gasteiger partial charge in [-0.3, -0.25) is 4.79 Å². The normalized spacial score (nSPS) is 10.7. The van der Waals surface area contributed by atoms with Crippen LogP contribution in [0.3, 0.4) is 0 Å². The van der Waals surface area contributed by atoms with Gasteiger partial charge in [0.1, 0.15) is 5.75 Å². The molecule has 2 rings (SSSR count). The number of thiazole rings is 1. The van der Waals surface area contributed by atoms with E-state index in [0.717, 1.165) is 10.2 Å². The first kappa shape index (κ1) is 9.92. The van der Waals surface area contributed by atoms with Gasteiger partial charge in [0.2, 0.25) is 0 Å². The first-order valence-corrected chi connectivity index (χ1v) is 5.31. The number of aromatic nitrogens is 1. The Morgan fingerprint density at radius 1 is 1.47 bits per heavy atom. The summed E-state index contributed by atoms with van der Waals surface area (Å²) in [6.07, 6.45) is 0.345. The van der Waals surface area contributed by atoms with Crippen LogP contribution in [0, 0.1) is 0 Å². The summed E-state index contributed by atoms with van der Waals surface area (Å²) in [5.74, 6) is -0.722. The van der Waals surface area contributed by atoms with Gasteiger partial charge in [0, 0.05) is 6.42 Å². The Labute approximate surface area is 89.8 Å². The number of benzene rings is 1. The van der Waals surface area contributed by atoms with Gasteiger partial charge in [-0.25, -0.2) is 4.98 Å². The highest BCUT2D eigenvalue weighted by atomic mass is 32.1. The van der Waals surface area contributed by atoms with E-state index < -0.39 is 5.97 Å². The first-order valence-electron chi connectivity index (χ1n) is 4.43. The molecule has 0 spiro atoms. The number of fused-ring (bicyclic) bond motifs is 1. The van der Waals surface area contributed by atoms with E-state index in [-0.39, 0.29) is 12.2 Å². The van der Waals surface area contributed by atoms with Crippen LogP contribution >= 0.6 is 11.3 Å². The molecule has 0 bridgehead atoms. The molecule has 78 valence electrons. The minimum atomic E-state index is -0.868. The third-order valence-corrected chi connectivity index (χ3v) is 2.93. The van der Waals surface area contributed by atoms with Gasteiger partial charge in [0.25, 0.3) is 0 Å². The molecule has 0 saturated heterocycles. The maximum Gasteiger partial charge on any atom is 0.303 e. The van der Waals surface area contributed by atoms with Gasteiger partial charge in [0.05, 0.1) is 15.7 Å². The molecule has 0 aliphatic heterocycles. The van der Waals surface area contributed by atoms with Gasteiger partial charge in [-0.1, -0.05) is 0 Å². The van der Waals surface area contributed by atoms with Crippen molar-refractivity contribution in [1.82, 2.24) is 4.98 Å². The summed E-state index contributed by atoms with van der Waals surface area (Å²) in [6.45, 7) is 0. The second kappa shape index (κ2) is 3.86. The zero-order valence-corrected chi connectivity index (χ0v) is 8.62. The third kappa shape index (κ3) is 2.07. The van der Waals surface area contributed by atoms with Crippen molar-refractivity contribution in [2.45, 2.75) is 12.8 Å². The first-order chi connectivity index (χ1) is 7.16. The lowest BCUT2D eigenvalue weighted by molar-refractivity contribution is -0.136. The summed E-state index contributed by atoms with van der Waals surface area (Å²) >= 11 is 1.45. The molecule has 1 heterocycles. The molecular formula is C10H9NO3S. The van der Waals surface area contributed by atoms with Crippen LogP contribution in [-0.4, -0.2) is 21.2 Å². The van der Waals surface area contributed by atoms with Crippen LogP contribution < -0.4 is 0 Å². The molecule has 0 unspecified atom stereocenters. The minimum Gasteiger partial charge on any atom is -0.508 e. The summed E-state index contributed by atoms with van der Waals surface area (Å²) < 4.78 is 0.909. The van der Waals surface area contributed by atoms with Crippen LogP contribution in [0.15, 0.2) is 17.6 Å². The van der Waals surface area contributed by atoms with Crippen LogP contribution in [0.1, 0.15) is 12.0 Å². The number of nitrogens with zero attached hydrogens (tertiary/aromatic N) is 1. The Morgan fingerprint density at radius 3 is 3.00 bits per heavy atom. The van der Waals surface area contributed by atoms with Crippen LogP contribution in [0.5, 0.6) is 5.75 Å². The second-order valence-corrected chi connectivity index (χ2v) is 4.08. The number of carbonyl (C=O) groups is 1. The molecule has 0 atom stereocenters. The van der Waals surface area contributed by atoms with Crippen LogP contribution in [-0.2, 0) is 11.2 Å². The molecule has 4 nitrogen and oxygen atoms in total. The zero-order chi connectivity index (χ0) is 10.8. The molecule has 0 amide bonds. The van der Waals surface area contributed by atoms with E-state index in [0.29, 0.717) is 12.0 Å². The number of carboxylic acid groups (broad SMARTS) is 1. The Balaban J connectivity index is 2.33. The number of aryl methyl sites for hydroxylation is 1. The molecule has 15 heavy (non-hydrogen) atoms. The number of phenolic OH excluding ortho intramolecular Hbond substituents is 1. The fraction of sp³-hybridized carbons (Fsp3) is 0.200. The average Bonchev–Trinajstić information content (AvgIpc) is 2.60. The van der Waals surface area contributed by atoms with Crippen molar-refractivity contribution in [3.05, 3.63) is 23.2 Å². The predicted octanol–water partition coefficient (Wildman–Crippen LogP) is 2.02. The molecule has 0 aliphatic rings. The SMILES string of the molecule is O=C(O)CCc1cc2ncsc2cc1O. The number of aromatic hydroxyl groups is 1. The lowest BCUT2D eigenvalue weighted by atomic mass is 10.1. The molecule has 0 radical (unpaired) electrons. The lowest BCUT2D eigenvalue weighted by Gasteiger charge is -2.02. The Hall–Kier alpha value is -1.62. The molecule has 0 fully saturated rings. The molecule has 0 saturated carbocycles. The summed E-state index contributed by atoms with van der Waals surface area (Å²) in [7, 11) is 0. The van der Waals surface area contributed by atoms with Gasteiger partial charge in [-0.15, -0.1) is 11.3 Å². The number of carboxylic acids is 1. The number of phenols is 1. The maximum atomic E-state index is 10.4. The van der Waals surface area contributed by atoms with Crippen molar-refractivity contribution in [3.8, 4) is 5.75 Å². The van der Waals surface area contributed by atoms with Gasteiger partial charge in [-0.2, -0.15) is 0 Å². The fourth-order valence-corrected chi connectivity index (χ4v) is 2.07. The van der Waals surface area contributed by atoms with Crippen molar-refractivity contribution in [3.63, 3.8) is 0 Å². The van der Waals surface area contributed by atoms with Crippen LogP contribution in [0.4, 0.5) is 0 Å². The Kier molecular flexibility index (Phi) is 2.55. The van der Waals surface area contributed by atoms with E-state index in [1.807, 2.05) is 0 Å². The molecule has 2 N–H and O–H groups in total. The number of hydrogen-bond acceptors (Lipinski definition) is 4. The summed E-state index contributed by atoms with van der Waals surface area (Å²) in [5.41, 5.74) is 3.14. The highest BCUT2D eigenvalue weighted by Crippen LogP contribution is 2.27. The van der Waals surface area contributed by atoms with Crippen molar-refractivity contribution >= 4 is 27.5 Å². The van der Waals surface area contributed by atoms with E-state index in [1.165, 1.54) is 11.3 Å². The summed E-state index contributed by atoms with van der Waals surface area (Å²) in [4.78, 5) is 14.5. The topological polar surface area (TPSA) is 70.4 Å². The van der Waals surface area contributed by atoms with E-state index in [2.05, 4.69) is 4.98 Å². The lowest BCUT2D eigenvalue weighted by Crippen LogP contribution is -1.97. The smallest absolute Gasteiger partial charge is 0.303 e. The zero-order valence-electron chi connectivity index (χ0n) is 7.80. The minimum absolute atomic E-state index is 0.0171. The van der Waals surface area contributed by atoms with Gasteiger partial charge < -0.3 is 10.2 Å². The fourth-order valence-electron chi connectivity index (χ4n) is 1.38. The van der Waals surface area contributed by atoms with Gasteiger partial charge >= 0.3 is 5.97 Å². The van der Waals surface area contributed by atoms with Crippen molar-refractivity contribution in [2.24, 2.45) is 0 Å². The highest BCUT2D eigenvalue weighted by Gasteiger charge is 2.07. The van der Waals surface area contributed by atoms with E-state index >= 15 is 0 Å². The van der Waals surface area contributed by atoms with E-state index in [9.17, 15) is 9.90 Å². The predicted molar refractivity (Wildman–Crippen MR) is 57.2 cm³/mol. The molecule has 0 aliphatic carbocycles. The van der Waals surface area contributed by atoms with Gasteiger partial charge in [0.15, 0.2) is 0 Å². The standard InChI is InChI=1S/C10H9NO3S/c12-8-4-9-7(11-5-15-9)3-6(8)1-2-10(13)14/h3-5,12H,1-2H2,(H,13,14). The van der Waals surface area contributed by atoms with Crippen LogP contribution in [0.2, 0.25) is 0 Å². The summed E-state index contributed by atoms with van der Waals surface area (Å²) in [5, 5.41) is 18.2. The highest BCUT2D eigenvalue weighted by molar-refractivity contribution is 7.16. The Morgan fingerprint density at radius 2 is 2.27 bits per heavy atom. The quantitative estimate of drug-likeness (QED) is 0.835. The molecule has 5 heteroatoms. The molecule has 1 aromatic heterocycles. The van der Waals surface area contributed by atoms with Crippen molar-refractivity contribution in [2.75, 3.05) is 0 Å². The Bertz CT molecular complexity index is 506. The maximum absolute atomic E-state index is 10.4. The number of hydrogen-bond donors (Lipinski definition) is 2. The average molecular weight is 223 g/mol. The van der Waals surface area contributed by atoms with Crippen molar-refractivity contribution < 1.29 is 15.0 Å².